The Morgan fingerprint density at radius 2 is 1.79 bits per heavy atom. The van der Waals surface area contributed by atoms with Gasteiger partial charge in [0, 0.05) is 16.1 Å². The molecular formula is C25H19ClN4O2S. The number of methoxy groups -OCH3 is 1. The van der Waals surface area contributed by atoms with Crippen molar-refractivity contribution >= 4 is 43.4 Å². The molecule has 2 aromatic carbocycles. The highest BCUT2D eigenvalue weighted by Gasteiger charge is 2.24. The minimum Gasteiger partial charge on any atom is -0.497 e. The first-order chi connectivity index (χ1) is 16.1. The Balaban J connectivity index is 1.65. The second kappa shape index (κ2) is 7.93. The molecule has 1 aliphatic rings. The number of thiophene rings is 1. The lowest BCUT2D eigenvalue weighted by Gasteiger charge is -2.20. The largest absolute Gasteiger partial charge is 0.497 e. The standard InChI is InChI=1S/C25H19ClN4O2S/c1-32-17-12-10-16(11-13-17)30-25(31)23-22(28-29-30)21-20(14-6-8-15(26)9-7-14)18-4-2-3-5-19(18)27-24(21)33-23/h6-13H,2-5H2,1H3. The Hall–Kier alpha value is -3.29. The zero-order valence-electron chi connectivity index (χ0n) is 17.8. The Morgan fingerprint density at radius 1 is 1.03 bits per heavy atom. The van der Waals surface area contributed by atoms with E-state index in [1.54, 1.807) is 31.4 Å². The molecule has 0 fully saturated rings. The fraction of sp³-hybridized carbons (Fsp3) is 0.200. The van der Waals surface area contributed by atoms with E-state index in [-0.39, 0.29) is 5.56 Å². The van der Waals surface area contributed by atoms with Crippen LogP contribution in [0.4, 0.5) is 0 Å². The monoisotopic (exact) mass is 474 g/mol. The maximum atomic E-state index is 13.5. The second-order valence-electron chi connectivity index (χ2n) is 8.09. The van der Waals surface area contributed by atoms with Crippen molar-refractivity contribution in [1.82, 2.24) is 20.0 Å². The summed E-state index contributed by atoms with van der Waals surface area (Å²) in [7, 11) is 1.61. The lowest BCUT2D eigenvalue weighted by molar-refractivity contribution is 0.414. The van der Waals surface area contributed by atoms with Crippen LogP contribution in [0, 0.1) is 0 Å². The number of rotatable bonds is 3. The minimum absolute atomic E-state index is 0.201. The van der Waals surface area contributed by atoms with Gasteiger partial charge in [-0.25, -0.2) is 4.98 Å². The van der Waals surface area contributed by atoms with Gasteiger partial charge < -0.3 is 4.74 Å². The molecule has 0 radical (unpaired) electrons. The fourth-order valence-corrected chi connectivity index (χ4v) is 5.75. The zero-order chi connectivity index (χ0) is 22.5. The van der Waals surface area contributed by atoms with Gasteiger partial charge in [-0.3, -0.25) is 4.79 Å². The molecule has 164 valence electrons. The molecule has 0 saturated carbocycles. The number of hydrogen-bond acceptors (Lipinski definition) is 6. The van der Waals surface area contributed by atoms with Crippen LogP contribution in [0.5, 0.6) is 5.75 Å². The molecule has 0 atom stereocenters. The number of hydrogen-bond donors (Lipinski definition) is 0. The number of benzene rings is 2. The summed E-state index contributed by atoms with van der Waals surface area (Å²) in [6.07, 6.45) is 4.16. The van der Waals surface area contributed by atoms with Crippen LogP contribution >= 0.6 is 22.9 Å². The molecule has 8 heteroatoms. The van der Waals surface area contributed by atoms with Crippen LogP contribution in [0.1, 0.15) is 24.1 Å². The average Bonchev–Trinajstić information content (AvgIpc) is 3.22. The summed E-state index contributed by atoms with van der Waals surface area (Å²) in [5.41, 5.74) is 5.58. The summed E-state index contributed by atoms with van der Waals surface area (Å²) in [5, 5.41) is 10.4. The summed E-state index contributed by atoms with van der Waals surface area (Å²) in [5.74, 6) is 0.713. The van der Waals surface area contributed by atoms with Gasteiger partial charge in [0.15, 0.2) is 0 Å². The molecule has 0 spiro atoms. The molecule has 0 saturated heterocycles. The van der Waals surface area contributed by atoms with E-state index in [2.05, 4.69) is 10.3 Å². The van der Waals surface area contributed by atoms with Crippen LogP contribution < -0.4 is 10.3 Å². The van der Waals surface area contributed by atoms with Crippen LogP contribution in [0.15, 0.2) is 53.3 Å². The molecule has 1 aliphatic carbocycles. The van der Waals surface area contributed by atoms with Gasteiger partial charge in [0.25, 0.3) is 5.56 Å². The van der Waals surface area contributed by atoms with Crippen molar-refractivity contribution in [3.63, 3.8) is 0 Å². The van der Waals surface area contributed by atoms with Gasteiger partial charge in [-0.05, 0) is 78.8 Å². The summed E-state index contributed by atoms with van der Waals surface area (Å²) >= 11 is 7.56. The van der Waals surface area contributed by atoms with E-state index >= 15 is 0 Å². The minimum atomic E-state index is -0.201. The fourth-order valence-electron chi connectivity index (χ4n) is 4.56. The van der Waals surface area contributed by atoms with E-state index in [1.807, 2.05) is 24.3 Å². The molecule has 6 rings (SSSR count). The average molecular weight is 475 g/mol. The molecule has 3 heterocycles. The van der Waals surface area contributed by atoms with E-state index in [1.165, 1.54) is 21.6 Å². The van der Waals surface area contributed by atoms with Gasteiger partial charge in [0.05, 0.1) is 12.8 Å². The third-order valence-electron chi connectivity index (χ3n) is 6.16. The number of nitrogens with zero attached hydrogens (tertiary/aromatic N) is 4. The lowest BCUT2D eigenvalue weighted by atomic mass is 9.87. The number of pyridine rings is 1. The van der Waals surface area contributed by atoms with Crippen molar-refractivity contribution in [2.75, 3.05) is 7.11 Å². The molecule has 6 nitrogen and oxygen atoms in total. The lowest BCUT2D eigenvalue weighted by Crippen LogP contribution is -2.21. The number of fused-ring (bicyclic) bond motifs is 4. The van der Waals surface area contributed by atoms with E-state index in [0.717, 1.165) is 52.7 Å². The molecule has 33 heavy (non-hydrogen) atoms. The smallest absolute Gasteiger partial charge is 0.292 e. The Bertz CT molecular complexity index is 1570. The van der Waals surface area contributed by atoms with Crippen LogP contribution in [-0.4, -0.2) is 27.1 Å². The summed E-state index contributed by atoms with van der Waals surface area (Å²) in [6.45, 7) is 0. The highest BCUT2D eigenvalue weighted by atomic mass is 35.5. The van der Waals surface area contributed by atoms with Gasteiger partial charge in [0.1, 0.15) is 20.8 Å². The SMILES string of the molecule is COc1ccc(-n2nnc3c(sc4nc5c(c(-c6ccc(Cl)cc6)c43)CCCC5)c2=O)cc1. The molecule has 0 amide bonds. The van der Waals surface area contributed by atoms with Crippen molar-refractivity contribution in [2.45, 2.75) is 25.7 Å². The number of halogens is 1. The summed E-state index contributed by atoms with van der Waals surface area (Å²) in [4.78, 5) is 19.3. The third kappa shape index (κ3) is 3.31. The highest BCUT2D eigenvalue weighted by molar-refractivity contribution is 7.25. The van der Waals surface area contributed by atoms with Gasteiger partial charge in [-0.15, -0.1) is 16.4 Å². The molecule has 0 aliphatic heterocycles. The van der Waals surface area contributed by atoms with Crippen LogP contribution in [0.25, 0.3) is 37.2 Å². The van der Waals surface area contributed by atoms with E-state index in [4.69, 9.17) is 21.3 Å². The van der Waals surface area contributed by atoms with Crippen LogP contribution in [-0.2, 0) is 12.8 Å². The van der Waals surface area contributed by atoms with Crippen molar-refractivity contribution in [2.24, 2.45) is 0 Å². The molecule has 0 N–H and O–H groups in total. The predicted molar refractivity (Wildman–Crippen MR) is 132 cm³/mol. The first-order valence-electron chi connectivity index (χ1n) is 10.8. The van der Waals surface area contributed by atoms with E-state index < -0.39 is 0 Å². The van der Waals surface area contributed by atoms with Gasteiger partial charge in [0.2, 0.25) is 0 Å². The van der Waals surface area contributed by atoms with Crippen molar-refractivity contribution in [1.29, 1.82) is 0 Å². The Labute approximate surface area is 198 Å². The van der Waals surface area contributed by atoms with Crippen molar-refractivity contribution < 1.29 is 4.74 Å². The molecule has 3 aromatic heterocycles. The molecule has 0 unspecified atom stereocenters. The number of aryl methyl sites for hydroxylation is 1. The normalized spacial score (nSPS) is 13.4. The summed E-state index contributed by atoms with van der Waals surface area (Å²) in [6, 6.07) is 15.0. The third-order valence-corrected chi connectivity index (χ3v) is 7.47. The maximum absolute atomic E-state index is 13.5. The van der Waals surface area contributed by atoms with Gasteiger partial charge in [-0.2, -0.15) is 4.68 Å². The number of ether oxygens (including phenoxy) is 1. The summed E-state index contributed by atoms with van der Waals surface area (Å²) < 4.78 is 7.11. The van der Waals surface area contributed by atoms with Crippen molar-refractivity contribution in [3.05, 3.63) is 75.2 Å². The van der Waals surface area contributed by atoms with E-state index in [9.17, 15) is 4.79 Å². The van der Waals surface area contributed by atoms with Crippen LogP contribution in [0.3, 0.4) is 0 Å². The predicted octanol–water partition coefficient (Wildman–Crippen LogP) is 5.60. The second-order valence-corrected chi connectivity index (χ2v) is 9.53. The highest BCUT2D eigenvalue weighted by Crippen LogP contribution is 2.42. The quantitative estimate of drug-likeness (QED) is 0.340. The first kappa shape index (κ1) is 20.3. The Kier molecular flexibility index (Phi) is 4.89. The first-order valence-corrected chi connectivity index (χ1v) is 12.0. The van der Waals surface area contributed by atoms with Gasteiger partial charge in [-0.1, -0.05) is 28.9 Å². The number of aromatic nitrogens is 4. The Morgan fingerprint density at radius 3 is 2.55 bits per heavy atom. The van der Waals surface area contributed by atoms with Crippen LogP contribution in [0.2, 0.25) is 5.02 Å². The van der Waals surface area contributed by atoms with Crippen molar-refractivity contribution in [3.8, 4) is 22.6 Å². The molecular weight excluding hydrogens is 456 g/mol. The molecule has 5 aromatic rings. The topological polar surface area (TPSA) is 69.9 Å². The maximum Gasteiger partial charge on any atom is 0.292 e. The zero-order valence-corrected chi connectivity index (χ0v) is 19.4. The molecule has 0 bridgehead atoms. The van der Waals surface area contributed by atoms with E-state index in [0.29, 0.717) is 26.7 Å². The van der Waals surface area contributed by atoms with Gasteiger partial charge >= 0.3 is 0 Å².